The summed E-state index contributed by atoms with van der Waals surface area (Å²) in [5.74, 6) is -1.54. The third-order valence-electron chi connectivity index (χ3n) is 2.02. The Labute approximate surface area is 118 Å². The van der Waals surface area contributed by atoms with E-state index < -0.39 is 5.97 Å². The lowest BCUT2D eigenvalue weighted by atomic mass is 10.3. The van der Waals surface area contributed by atoms with Crippen molar-refractivity contribution >= 4 is 40.9 Å². The molecular weight excluding hydrogens is 288 g/mol. The van der Waals surface area contributed by atoms with Crippen molar-refractivity contribution < 1.29 is 19.5 Å². The number of nitrogens with one attached hydrogen (secondary N) is 2. The molecule has 1 atom stereocenters. The zero-order valence-corrected chi connectivity index (χ0v) is 11.8. The SMILES string of the molecule is CC(CC(=O)O)SCC(=O)NNC(=O)c1cccs1. The van der Waals surface area contributed by atoms with Crippen molar-refractivity contribution in [2.75, 3.05) is 5.75 Å². The third kappa shape index (κ3) is 6.25. The van der Waals surface area contributed by atoms with Gasteiger partial charge in [0.15, 0.2) is 0 Å². The molecule has 1 aromatic rings. The van der Waals surface area contributed by atoms with Crippen LogP contribution in [0.1, 0.15) is 23.0 Å². The van der Waals surface area contributed by atoms with Crippen LogP contribution < -0.4 is 10.9 Å². The van der Waals surface area contributed by atoms with Gasteiger partial charge in [-0.15, -0.1) is 23.1 Å². The Hall–Kier alpha value is -1.54. The van der Waals surface area contributed by atoms with Crippen molar-refractivity contribution in [2.24, 2.45) is 0 Å². The zero-order chi connectivity index (χ0) is 14.3. The van der Waals surface area contributed by atoms with Gasteiger partial charge in [-0.3, -0.25) is 25.2 Å². The lowest BCUT2D eigenvalue weighted by Gasteiger charge is -2.09. The van der Waals surface area contributed by atoms with Crippen LogP contribution >= 0.6 is 23.1 Å². The van der Waals surface area contributed by atoms with Crippen molar-refractivity contribution in [1.29, 1.82) is 0 Å². The van der Waals surface area contributed by atoms with E-state index in [0.29, 0.717) is 4.88 Å². The quantitative estimate of drug-likeness (QED) is 0.684. The molecular formula is C11H14N2O4S2. The molecule has 0 aliphatic carbocycles. The second-order valence-corrected chi connectivity index (χ2v) is 6.07. The Kier molecular flexibility index (Phi) is 6.37. The standard InChI is InChI=1S/C11H14N2O4S2/c1-7(5-10(15)16)19-6-9(14)12-13-11(17)8-3-2-4-18-8/h2-4,7H,5-6H2,1H3,(H,12,14)(H,13,17)(H,15,16). The van der Waals surface area contributed by atoms with Gasteiger partial charge in [0.2, 0.25) is 5.91 Å². The third-order valence-corrected chi connectivity index (χ3v) is 4.05. The molecule has 104 valence electrons. The molecule has 0 aromatic carbocycles. The minimum atomic E-state index is -0.897. The van der Waals surface area contributed by atoms with Crippen LogP contribution in [0, 0.1) is 0 Å². The Morgan fingerprint density at radius 2 is 2.16 bits per heavy atom. The lowest BCUT2D eigenvalue weighted by molar-refractivity contribution is -0.136. The van der Waals surface area contributed by atoms with Gasteiger partial charge in [-0.2, -0.15) is 0 Å². The summed E-state index contributed by atoms with van der Waals surface area (Å²) in [5.41, 5.74) is 4.57. The van der Waals surface area contributed by atoms with Gasteiger partial charge in [-0.05, 0) is 11.4 Å². The van der Waals surface area contributed by atoms with Crippen molar-refractivity contribution in [2.45, 2.75) is 18.6 Å². The highest BCUT2D eigenvalue weighted by molar-refractivity contribution is 8.00. The highest BCUT2D eigenvalue weighted by atomic mass is 32.2. The number of carboxylic acid groups (broad SMARTS) is 1. The largest absolute Gasteiger partial charge is 0.481 e. The average Bonchev–Trinajstić information content (AvgIpc) is 2.86. The number of rotatable bonds is 6. The van der Waals surface area contributed by atoms with Crippen molar-refractivity contribution in [3.8, 4) is 0 Å². The van der Waals surface area contributed by atoms with Crippen molar-refractivity contribution in [1.82, 2.24) is 10.9 Å². The minimum absolute atomic E-state index is 0.000495. The molecule has 19 heavy (non-hydrogen) atoms. The smallest absolute Gasteiger partial charge is 0.304 e. The molecule has 0 saturated carbocycles. The molecule has 6 nitrogen and oxygen atoms in total. The fourth-order valence-electron chi connectivity index (χ4n) is 1.15. The van der Waals surface area contributed by atoms with Gasteiger partial charge in [0.1, 0.15) is 0 Å². The molecule has 0 aliphatic rings. The van der Waals surface area contributed by atoms with Crippen LogP contribution in [0.15, 0.2) is 17.5 Å². The second-order valence-electron chi connectivity index (χ2n) is 3.70. The van der Waals surface area contributed by atoms with E-state index >= 15 is 0 Å². The van der Waals surface area contributed by atoms with Gasteiger partial charge in [0.25, 0.3) is 5.91 Å². The molecule has 1 rings (SSSR count). The number of carbonyl (C=O) groups is 3. The Morgan fingerprint density at radius 3 is 2.74 bits per heavy atom. The molecule has 3 N–H and O–H groups in total. The number of hydrazine groups is 1. The Bertz CT molecular complexity index is 448. The van der Waals surface area contributed by atoms with Crippen LogP contribution in [0.4, 0.5) is 0 Å². The van der Waals surface area contributed by atoms with Crippen LogP contribution in [0.5, 0.6) is 0 Å². The Morgan fingerprint density at radius 1 is 1.42 bits per heavy atom. The molecule has 0 fully saturated rings. The molecule has 1 heterocycles. The predicted molar refractivity (Wildman–Crippen MR) is 74.1 cm³/mol. The zero-order valence-electron chi connectivity index (χ0n) is 10.2. The van der Waals surface area contributed by atoms with Gasteiger partial charge in [0, 0.05) is 5.25 Å². The summed E-state index contributed by atoms with van der Waals surface area (Å²) in [6.45, 7) is 1.73. The van der Waals surface area contributed by atoms with Gasteiger partial charge in [-0.1, -0.05) is 13.0 Å². The summed E-state index contributed by atoms with van der Waals surface area (Å²) in [7, 11) is 0. The van der Waals surface area contributed by atoms with E-state index in [1.54, 1.807) is 24.4 Å². The lowest BCUT2D eigenvalue weighted by Crippen LogP contribution is -2.42. The van der Waals surface area contributed by atoms with Crippen LogP contribution in [-0.2, 0) is 9.59 Å². The van der Waals surface area contributed by atoms with E-state index in [4.69, 9.17) is 5.11 Å². The van der Waals surface area contributed by atoms with Gasteiger partial charge < -0.3 is 5.11 Å². The summed E-state index contributed by atoms with van der Waals surface area (Å²) < 4.78 is 0. The molecule has 0 saturated heterocycles. The number of carbonyl (C=O) groups excluding carboxylic acids is 2. The van der Waals surface area contributed by atoms with Crippen molar-refractivity contribution in [3.05, 3.63) is 22.4 Å². The maximum atomic E-state index is 11.5. The first-order valence-electron chi connectivity index (χ1n) is 5.45. The highest BCUT2D eigenvalue weighted by Crippen LogP contribution is 2.13. The van der Waals surface area contributed by atoms with E-state index in [1.807, 2.05) is 0 Å². The summed E-state index contributed by atoms with van der Waals surface area (Å²) in [4.78, 5) is 33.8. The summed E-state index contributed by atoms with van der Waals surface area (Å²) >= 11 is 2.49. The second kappa shape index (κ2) is 7.80. The molecule has 1 aromatic heterocycles. The summed E-state index contributed by atoms with van der Waals surface area (Å²) in [6, 6.07) is 3.39. The molecule has 8 heteroatoms. The molecule has 0 bridgehead atoms. The normalized spacial score (nSPS) is 11.6. The monoisotopic (exact) mass is 302 g/mol. The first-order chi connectivity index (χ1) is 8.99. The first-order valence-corrected chi connectivity index (χ1v) is 7.38. The maximum absolute atomic E-state index is 11.5. The van der Waals surface area contributed by atoms with Crippen LogP contribution in [0.3, 0.4) is 0 Å². The molecule has 0 spiro atoms. The van der Waals surface area contributed by atoms with E-state index in [2.05, 4.69) is 10.9 Å². The average molecular weight is 302 g/mol. The van der Waals surface area contributed by atoms with Crippen LogP contribution in [0.2, 0.25) is 0 Å². The van der Waals surface area contributed by atoms with E-state index in [1.165, 1.54) is 23.1 Å². The van der Waals surface area contributed by atoms with Gasteiger partial charge >= 0.3 is 5.97 Å². The number of thiophene rings is 1. The fourth-order valence-corrected chi connectivity index (χ4v) is 2.54. The maximum Gasteiger partial charge on any atom is 0.304 e. The first kappa shape index (κ1) is 15.5. The van der Waals surface area contributed by atoms with Gasteiger partial charge in [-0.25, -0.2) is 0 Å². The van der Waals surface area contributed by atoms with Crippen LogP contribution in [0.25, 0.3) is 0 Å². The van der Waals surface area contributed by atoms with Crippen molar-refractivity contribution in [3.63, 3.8) is 0 Å². The number of hydrogen-bond donors (Lipinski definition) is 3. The number of aliphatic carboxylic acids is 1. The van der Waals surface area contributed by atoms with Crippen LogP contribution in [-0.4, -0.2) is 33.9 Å². The topological polar surface area (TPSA) is 95.5 Å². The number of hydrogen-bond acceptors (Lipinski definition) is 5. The molecule has 0 aliphatic heterocycles. The minimum Gasteiger partial charge on any atom is -0.481 e. The molecule has 0 radical (unpaired) electrons. The number of amides is 2. The predicted octanol–water partition coefficient (Wildman–Crippen LogP) is 1.11. The summed E-state index contributed by atoms with van der Waals surface area (Å²) in [6.07, 6.45) is -0.000495. The molecule has 2 amide bonds. The fraction of sp³-hybridized carbons (Fsp3) is 0.364. The van der Waals surface area contributed by atoms with E-state index in [-0.39, 0.29) is 29.2 Å². The summed E-state index contributed by atoms with van der Waals surface area (Å²) in [5, 5.41) is 10.2. The number of thioether (sulfide) groups is 1. The van der Waals surface area contributed by atoms with E-state index in [9.17, 15) is 14.4 Å². The Balaban J connectivity index is 2.21. The van der Waals surface area contributed by atoms with Gasteiger partial charge in [0.05, 0.1) is 17.1 Å². The highest BCUT2D eigenvalue weighted by Gasteiger charge is 2.12. The molecule has 1 unspecified atom stereocenters. The van der Waals surface area contributed by atoms with E-state index in [0.717, 1.165) is 0 Å². The number of carboxylic acids is 1.